The van der Waals surface area contributed by atoms with Crippen LogP contribution in [0.3, 0.4) is 0 Å². The molecule has 0 bridgehead atoms. The summed E-state index contributed by atoms with van der Waals surface area (Å²) in [4.78, 5) is 36.7. The lowest BCUT2D eigenvalue weighted by atomic mass is 10.0. The zero-order chi connectivity index (χ0) is 17.7. The number of rotatable bonds is 4. The molecule has 1 aromatic carbocycles. The van der Waals surface area contributed by atoms with Crippen molar-refractivity contribution in [2.45, 2.75) is 25.3 Å². The molecule has 1 aromatic rings. The van der Waals surface area contributed by atoms with Crippen molar-refractivity contribution in [3.63, 3.8) is 0 Å². The van der Waals surface area contributed by atoms with E-state index in [0.29, 0.717) is 28.7 Å². The first kappa shape index (κ1) is 18.5. The Morgan fingerprint density at radius 1 is 1.21 bits per heavy atom. The van der Waals surface area contributed by atoms with Gasteiger partial charge in [-0.05, 0) is 37.6 Å². The molecule has 4 N–H and O–H groups in total. The van der Waals surface area contributed by atoms with Gasteiger partial charge in [0.15, 0.2) is 0 Å². The van der Waals surface area contributed by atoms with E-state index in [1.807, 2.05) is 5.32 Å². The van der Waals surface area contributed by atoms with Crippen LogP contribution in [0.2, 0.25) is 10.0 Å². The summed E-state index contributed by atoms with van der Waals surface area (Å²) in [5.41, 5.74) is 5.46. The topological polar surface area (TPSA) is 105 Å². The fourth-order valence-corrected chi connectivity index (χ4v) is 2.94. The lowest BCUT2D eigenvalue weighted by Crippen LogP contribution is -2.51. The van der Waals surface area contributed by atoms with Gasteiger partial charge in [0.2, 0.25) is 11.8 Å². The van der Waals surface area contributed by atoms with E-state index in [4.69, 9.17) is 28.9 Å². The standard InChI is InChI=1S/C15H18Cl2N4O3/c16-10-5-4-9(7-11(10)17)19-14(23)12-3-1-2-6-21(12)8-13(22)20-15(18)24/h4-5,7,12H,1-3,6,8H2,(H,19,23)(H3,18,20,22,24). The van der Waals surface area contributed by atoms with Gasteiger partial charge in [0, 0.05) is 5.69 Å². The van der Waals surface area contributed by atoms with Gasteiger partial charge in [0.1, 0.15) is 0 Å². The number of nitrogens with one attached hydrogen (secondary N) is 2. The number of imide groups is 1. The smallest absolute Gasteiger partial charge is 0.318 e. The number of nitrogens with zero attached hydrogens (tertiary/aromatic N) is 1. The van der Waals surface area contributed by atoms with Gasteiger partial charge in [-0.1, -0.05) is 29.6 Å². The molecule has 4 amide bonds. The van der Waals surface area contributed by atoms with E-state index < -0.39 is 18.0 Å². The van der Waals surface area contributed by atoms with E-state index in [0.717, 1.165) is 12.8 Å². The van der Waals surface area contributed by atoms with Gasteiger partial charge in [0.25, 0.3) is 0 Å². The number of likely N-dealkylation sites (tertiary alicyclic amines) is 1. The minimum Gasteiger partial charge on any atom is -0.351 e. The van der Waals surface area contributed by atoms with Gasteiger partial charge in [-0.3, -0.25) is 19.8 Å². The van der Waals surface area contributed by atoms with Gasteiger partial charge in [-0.15, -0.1) is 0 Å². The van der Waals surface area contributed by atoms with Crippen molar-refractivity contribution in [2.24, 2.45) is 5.73 Å². The predicted octanol–water partition coefficient (Wildman–Crippen LogP) is 1.98. The van der Waals surface area contributed by atoms with Crippen LogP contribution in [0.25, 0.3) is 0 Å². The Hall–Kier alpha value is -1.83. The van der Waals surface area contributed by atoms with Crippen LogP contribution >= 0.6 is 23.2 Å². The van der Waals surface area contributed by atoms with E-state index in [-0.39, 0.29) is 12.5 Å². The largest absolute Gasteiger partial charge is 0.351 e. The Kier molecular flexibility index (Phi) is 6.42. The molecule has 130 valence electrons. The van der Waals surface area contributed by atoms with Crippen molar-refractivity contribution in [3.8, 4) is 0 Å². The van der Waals surface area contributed by atoms with Crippen molar-refractivity contribution in [3.05, 3.63) is 28.2 Å². The van der Waals surface area contributed by atoms with Gasteiger partial charge in [-0.25, -0.2) is 4.79 Å². The maximum atomic E-state index is 12.5. The van der Waals surface area contributed by atoms with Crippen LogP contribution in [0.15, 0.2) is 18.2 Å². The fraction of sp³-hybridized carbons (Fsp3) is 0.400. The molecule has 1 saturated heterocycles. The highest BCUT2D eigenvalue weighted by Gasteiger charge is 2.30. The Morgan fingerprint density at radius 2 is 1.96 bits per heavy atom. The molecule has 1 aliphatic rings. The number of amides is 4. The van der Waals surface area contributed by atoms with Crippen molar-refractivity contribution in [1.82, 2.24) is 10.2 Å². The second-order valence-electron chi connectivity index (χ2n) is 5.51. The molecule has 24 heavy (non-hydrogen) atoms. The van der Waals surface area contributed by atoms with Crippen molar-refractivity contribution < 1.29 is 14.4 Å². The number of anilines is 1. The number of nitrogens with two attached hydrogens (primary N) is 1. The van der Waals surface area contributed by atoms with Crippen LogP contribution in [0.5, 0.6) is 0 Å². The van der Waals surface area contributed by atoms with Crippen LogP contribution < -0.4 is 16.4 Å². The van der Waals surface area contributed by atoms with Crippen LogP contribution in [0, 0.1) is 0 Å². The molecular weight excluding hydrogens is 355 g/mol. The number of piperidine rings is 1. The number of carbonyl (C=O) groups excluding carboxylic acids is 3. The average Bonchev–Trinajstić information content (AvgIpc) is 2.50. The SMILES string of the molecule is NC(=O)NC(=O)CN1CCCCC1C(=O)Nc1ccc(Cl)c(Cl)c1. The van der Waals surface area contributed by atoms with Crippen molar-refractivity contribution >= 4 is 46.7 Å². The number of halogens is 2. The van der Waals surface area contributed by atoms with Crippen LogP contribution in [-0.2, 0) is 9.59 Å². The van der Waals surface area contributed by atoms with E-state index in [1.165, 1.54) is 0 Å². The Bertz CT molecular complexity index is 654. The number of benzene rings is 1. The van der Waals surface area contributed by atoms with E-state index >= 15 is 0 Å². The van der Waals surface area contributed by atoms with Crippen molar-refractivity contribution in [2.75, 3.05) is 18.4 Å². The Labute approximate surface area is 149 Å². The quantitative estimate of drug-likeness (QED) is 0.751. The minimum absolute atomic E-state index is 0.0671. The molecule has 7 nitrogen and oxygen atoms in total. The number of primary amides is 1. The highest BCUT2D eigenvalue weighted by molar-refractivity contribution is 6.42. The van der Waals surface area contributed by atoms with Crippen LogP contribution in [0.1, 0.15) is 19.3 Å². The first-order chi connectivity index (χ1) is 11.4. The molecule has 2 rings (SSSR count). The Balaban J connectivity index is 2.02. The maximum Gasteiger partial charge on any atom is 0.318 e. The number of hydrogen-bond donors (Lipinski definition) is 3. The molecule has 1 atom stereocenters. The second kappa shape index (κ2) is 8.32. The molecule has 0 aromatic heterocycles. The van der Waals surface area contributed by atoms with E-state index in [2.05, 4.69) is 5.32 Å². The maximum absolute atomic E-state index is 12.5. The molecule has 1 unspecified atom stereocenters. The predicted molar refractivity (Wildman–Crippen MR) is 92.0 cm³/mol. The normalized spacial score (nSPS) is 18.0. The van der Waals surface area contributed by atoms with Gasteiger partial charge >= 0.3 is 6.03 Å². The van der Waals surface area contributed by atoms with E-state index in [9.17, 15) is 14.4 Å². The Morgan fingerprint density at radius 3 is 2.62 bits per heavy atom. The lowest BCUT2D eigenvalue weighted by molar-refractivity contribution is -0.126. The highest BCUT2D eigenvalue weighted by Crippen LogP contribution is 2.26. The molecule has 0 saturated carbocycles. The summed E-state index contributed by atoms with van der Waals surface area (Å²) in [7, 11) is 0. The second-order valence-corrected chi connectivity index (χ2v) is 6.33. The zero-order valence-corrected chi connectivity index (χ0v) is 14.4. The average molecular weight is 373 g/mol. The van der Waals surface area contributed by atoms with Gasteiger partial charge in [-0.2, -0.15) is 0 Å². The molecule has 1 aliphatic heterocycles. The molecule has 0 aliphatic carbocycles. The minimum atomic E-state index is -0.909. The molecule has 1 heterocycles. The summed E-state index contributed by atoms with van der Waals surface area (Å²) < 4.78 is 0. The third-order valence-corrected chi connectivity index (χ3v) is 4.45. The van der Waals surface area contributed by atoms with Crippen LogP contribution in [-0.4, -0.2) is 41.9 Å². The summed E-state index contributed by atoms with van der Waals surface area (Å²) in [6.07, 6.45) is 2.38. The summed E-state index contributed by atoms with van der Waals surface area (Å²) >= 11 is 11.8. The monoisotopic (exact) mass is 372 g/mol. The molecule has 9 heteroatoms. The number of urea groups is 1. The highest BCUT2D eigenvalue weighted by atomic mass is 35.5. The summed E-state index contributed by atoms with van der Waals surface area (Å²) in [6.45, 7) is 0.522. The number of carbonyl (C=O) groups is 3. The first-order valence-electron chi connectivity index (χ1n) is 7.46. The summed E-state index contributed by atoms with van der Waals surface area (Å²) in [5, 5.41) is 5.53. The molecule has 0 spiro atoms. The zero-order valence-electron chi connectivity index (χ0n) is 12.9. The molecular formula is C15H18Cl2N4O3. The van der Waals surface area contributed by atoms with E-state index in [1.54, 1.807) is 23.1 Å². The first-order valence-corrected chi connectivity index (χ1v) is 8.21. The van der Waals surface area contributed by atoms with Gasteiger partial charge < -0.3 is 11.1 Å². The lowest BCUT2D eigenvalue weighted by Gasteiger charge is -2.33. The third-order valence-electron chi connectivity index (χ3n) is 3.71. The molecule has 1 fully saturated rings. The number of hydrogen-bond acceptors (Lipinski definition) is 4. The summed E-state index contributed by atoms with van der Waals surface area (Å²) in [5.74, 6) is -0.767. The fourth-order valence-electron chi connectivity index (χ4n) is 2.64. The summed E-state index contributed by atoms with van der Waals surface area (Å²) in [6, 6.07) is 3.44. The van der Waals surface area contributed by atoms with Crippen LogP contribution in [0.4, 0.5) is 10.5 Å². The van der Waals surface area contributed by atoms with Crippen molar-refractivity contribution in [1.29, 1.82) is 0 Å². The molecule has 0 radical (unpaired) electrons. The third kappa shape index (κ3) is 5.09. The van der Waals surface area contributed by atoms with Gasteiger partial charge in [0.05, 0.1) is 22.6 Å².